The van der Waals surface area contributed by atoms with Crippen molar-refractivity contribution in [1.82, 2.24) is 30.4 Å². The summed E-state index contributed by atoms with van der Waals surface area (Å²) in [5, 5.41) is 20.7. The zero-order valence-corrected chi connectivity index (χ0v) is 13.7. The first-order chi connectivity index (χ1) is 11.9. The molecule has 0 aliphatic carbocycles. The third-order valence-corrected chi connectivity index (χ3v) is 4.65. The molecular weight excluding hydrogens is 328 g/mol. The molecule has 1 aliphatic heterocycles. The van der Waals surface area contributed by atoms with Gasteiger partial charge in [-0.15, -0.1) is 15.3 Å². The third-order valence-electron chi connectivity index (χ3n) is 3.71. The quantitative estimate of drug-likeness (QED) is 0.628. The van der Waals surface area contributed by atoms with Gasteiger partial charge in [0.25, 0.3) is 0 Å². The lowest BCUT2D eigenvalue weighted by Crippen LogP contribution is -2.16. The number of ether oxygens (including phenoxy) is 1. The number of rotatable bonds is 6. The van der Waals surface area contributed by atoms with Crippen molar-refractivity contribution in [2.45, 2.75) is 36.4 Å². The van der Waals surface area contributed by atoms with Crippen LogP contribution in [0.3, 0.4) is 0 Å². The van der Waals surface area contributed by atoms with Crippen molar-refractivity contribution in [3.8, 4) is 11.5 Å². The summed E-state index contributed by atoms with van der Waals surface area (Å²) in [6, 6.07) is 9.70. The van der Waals surface area contributed by atoms with Crippen LogP contribution in [0.15, 0.2) is 39.9 Å². The van der Waals surface area contributed by atoms with Gasteiger partial charge in [-0.05, 0) is 35.4 Å². The normalized spacial score (nSPS) is 17.4. The van der Waals surface area contributed by atoms with Crippen molar-refractivity contribution in [2.24, 2.45) is 0 Å². The summed E-state index contributed by atoms with van der Waals surface area (Å²) >= 11 is 1.47. The van der Waals surface area contributed by atoms with E-state index in [1.165, 1.54) is 11.8 Å². The van der Waals surface area contributed by atoms with Gasteiger partial charge in [0.2, 0.25) is 16.9 Å². The summed E-state index contributed by atoms with van der Waals surface area (Å²) in [6.45, 7) is 1.49. The van der Waals surface area contributed by atoms with Gasteiger partial charge in [0, 0.05) is 12.2 Å². The first-order valence-corrected chi connectivity index (χ1v) is 8.75. The van der Waals surface area contributed by atoms with Gasteiger partial charge in [-0.1, -0.05) is 30.0 Å². The number of thioether (sulfide) groups is 1. The second kappa shape index (κ2) is 7.10. The van der Waals surface area contributed by atoms with Crippen LogP contribution in [0.25, 0.3) is 11.5 Å². The lowest BCUT2D eigenvalue weighted by atomic mass is 10.2. The van der Waals surface area contributed by atoms with Gasteiger partial charge in [-0.2, -0.15) is 0 Å². The molecule has 0 bridgehead atoms. The summed E-state index contributed by atoms with van der Waals surface area (Å²) in [4.78, 5) is 0. The second-order valence-electron chi connectivity index (χ2n) is 5.43. The number of tetrazole rings is 1. The SMILES string of the molecule is c1ccc(-c2nnc(CSc3nnnn3C[C@H]3CCCO3)o2)cc1. The molecule has 1 fully saturated rings. The van der Waals surface area contributed by atoms with Gasteiger partial charge < -0.3 is 9.15 Å². The maximum absolute atomic E-state index is 5.70. The number of aromatic nitrogens is 6. The van der Waals surface area contributed by atoms with Crippen molar-refractivity contribution in [2.75, 3.05) is 6.61 Å². The maximum Gasteiger partial charge on any atom is 0.247 e. The smallest absolute Gasteiger partial charge is 0.247 e. The summed E-state index contributed by atoms with van der Waals surface area (Å²) in [7, 11) is 0. The Morgan fingerprint density at radius 1 is 1.17 bits per heavy atom. The molecule has 24 heavy (non-hydrogen) atoms. The van der Waals surface area contributed by atoms with E-state index in [-0.39, 0.29) is 6.10 Å². The Balaban J connectivity index is 1.39. The van der Waals surface area contributed by atoms with E-state index in [1.54, 1.807) is 4.68 Å². The minimum absolute atomic E-state index is 0.195. The highest BCUT2D eigenvalue weighted by atomic mass is 32.2. The van der Waals surface area contributed by atoms with E-state index in [0.29, 0.717) is 24.1 Å². The molecule has 0 saturated carbocycles. The Morgan fingerprint density at radius 2 is 2.08 bits per heavy atom. The van der Waals surface area contributed by atoms with Gasteiger partial charge >= 0.3 is 0 Å². The van der Waals surface area contributed by atoms with Crippen LogP contribution < -0.4 is 0 Å². The average Bonchev–Trinajstić information content (AvgIpc) is 3.37. The van der Waals surface area contributed by atoms with Gasteiger partial charge in [0.15, 0.2) is 0 Å². The lowest BCUT2D eigenvalue weighted by molar-refractivity contribution is 0.0912. The highest BCUT2D eigenvalue weighted by Crippen LogP contribution is 2.23. The van der Waals surface area contributed by atoms with Crippen molar-refractivity contribution in [3.63, 3.8) is 0 Å². The zero-order valence-electron chi connectivity index (χ0n) is 12.9. The molecule has 0 unspecified atom stereocenters. The van der Waals surface area contributed by atoms with Crippen LogP contribution in [0.4, 0.5) is 0 Å². The van der Waals surface area contributed by atoms with Crippen molar-refractivity contribution >= 4 is 11.8 Å². The summed E-state index contributed by atoms with van der Waals surface area (Å²) in [6.07, 6.45) is 2.34. The highest BCUT2D eigenvalue weighted by Gasteiger charge is 2.19. The first-order valence-electron chi connectivity index (χ1n) is 7.77. The van der Waals surface area contributed by atoms with E-state index in [2.05, 4.69) is 25.7 Å². The van der Waals surface area contributed by atoms with Gasteiger partial charge in [-0.25, -0.2) is 4.68 Å². The molecule has 9 heteroatoms. The molecule has 2 aromatic heterocycles. The molecule has 0 amide bonds. The fourth-order valence-electron chi connectivity index (χ4n) is 2.53. The lowest BCUT2D eigenvalue weighted by Gasteiger charge is -2.09. The second-order valence-corrected chi connectivity index (χ2v) is 6.38. The predicted molar refractivity (Wildman–Crippen MR) is 86.1 cm³/mol. The largest absolute Gasteiger partial charge is 0.420 e. The standard InChI is InChI=1S/C15H16N6O2S/c1-2-5-11(6-3-1)14-17-16-13(23-14)10-24-15-18-19-20-21(15)9-12-7-4-8-22-12/h1-3,5-6,12H,4,7-10H2/t12-/m1/s1. The van der Waals surface area contributed by atoms with Crippen LogP contribution in [0, 0.1) is 0 Å². The fourth-order valence-corrected chi connectivity index (χ4v) is 3.25. The highest BCUT2D eigenvalue weighted by molar-refractivity contribution is 7.98. The molecule has 8 nitrogen and oxygen atoms in total. The van der Waals surface area contributed by atoms with Crippen LogP contribution in [0.1, 0.15) is 18.7 Å². The zero-order chi connectivity index (χ0) is 16.2. The molecule has 124 valence electrons. The minimum atomic E-state index is 0.195. The molecule has 0 spiro atoms. The topological polar surface area (TPSA) is 91.8 Å². The molecule has 0 N–H and O–H groups in total. The van der Waals surface area contributed by atoms with E-state index in [1.807, 2.05) is 30.3 Å². The number of hydrogen-bond acceptors (Lipinski definition) is 8. The monoisotopic (exact) mass is 344 g/mol. The fraction of sp³-hybridized carbons (Fsp3) is 0.400. The van der Waals surface area contributed by atoms with Gasteiger partial charge in [-0.3, -0.25) is 0 Å². The molecule has 0 radical (unpaired) electrons. The van der Waals surface area contributed by atoms with E-state index in [4.69, 9.17) is 9.15 Å². The molecule has 4 rings (SSSR count). The Bertz CT molecular complexity index is 784. The number of hydrogen-bond donors (Lipinski definition) is 0. The van der Waals surface area contributed by atoms with Crippen molar-refractivity contribution < 1.29 is 9.15 Å². The van der Waals surface area contributed by atoms with E-state index < -0.39 is 0 Å². The van der Waals surface area contributed by atoms with Crippen LogP contribution in [0.2, 0.25) is 0 Å². The third kappa shape index (κ3) is 3.46. The predicted octanol–water partition coefficient (Wildman–Crippen LogP) is 2.19. The molecule has 1 aromatic carbocycles. The van der Waals surface area contributed by atoms with E-state index >= 15 is 0 Å². The molecule has 1 aliphatic rings. The van der Waals surface area contributed by atoms with Crippen LogP contribution in [-0.2, 0) is 17.0 Å². The Labute approximate surface area is 142 Å². The van der Waals surface area contributed by atoms with Crippen molar-refractivity contribution in [1.29, 1.82) is 0 Å². The Morgan fingerprint density at radius 3 is 2.92 bits per heavy atom. The average molecular weight is 344 g/mol. The number of benzene rings is 1. The minimum Gasteiger partial charge on any atom is -0.420 e. The summed E-state index contributed by atoms with van der Waals surface area (Å²) in [5.41, 5.74) is 0.907. The van der Waals surface area contributed by atoms with Crippen molar-refractivity contribution in [3.05, 3.63) is 36.2 Å². The maximum atomic E-state index is 5.70. The van der Waals surface area contributed by atoms with Crippen LogP contribution >= 0.6 is 11.8 Å². The van der Waals surface area contributed by atoms with E-state index in [0.717, 1.165) is 30.2 Å². The summed E-state index contributed by atoms with van der Waals surface area (Å²) in [5.74, 6) is 1.59. The Hall–Kier alpha value is -2.26. The molecule has 1 saturated heterocycles. The van der Waals surface area contributed by atoms with Gasteiger partial charge in [0.1, 0.15) is 0 Å². The molecule has 3 heterocycles. The first kappa shape index (κ1) is 15.3. The van der Waals surface area contributed by atoms with Crippen LogP contribution in [-0.4, -0.2) is 43.1 Å². The summed E-state index contributed by atoms with van der Waals surface area (Å²) < 4.78 is 13.1. The molecular formula is C15H16N6O2S. The van der Waals surface area contributed by atoms with Crippen LogP contribution in [0.5, 0.6) is 0 Å². The molecule has 3 aromatic rings. The van der Waals surface area contributed by atoms with E-state index in [9.17, 15) is 0 Å². The number of nitrogens with zero attached hydrogens (tertiary/aromatic N) is 6. The molecule has 1 atom stereocenters. The Kier molecular flexibility index (Phi) is 4.52. The van der Waals surface area contributed by atoms with Gasteiger partial charge in [0.05, 0.1) is 18.4 Å².